The molecule has 10 nitrogen and oxygen atoms in total. The van der Waals surface area contributed by atoms with Crippen molar-refractivity contribution < 1.29 is 4.79 Å². The van der Waals surface area contributed by atoms with Crippen molar-refractivity contribution in [3.8, 4) is 5.82 Å². The minimum Gasteiger partial charge on any atom is -0.341 e. The Morgan fingerprint density at radius 2 is 1.94 bits per heavy atom. The lowest BCUT2D eigenvalue weighted by Gasteiger charge is -2.07. The highest BCUT2D eigenvalue weighted by atomic mass is 16.2. The van der Waals surface area contributed by atoms with Gasteiger partial charge in [0.2, 0.25) is 0 Å². The average molecular weight is 435 g/mol. The molecule has 0 saturated heterocycles. The highest BCUT2D eigenvalue weighted by Gasteiger charge is 2.14. The predicted molar refractivity (Wildman–Crippen MR) is 125 cm³/mol. The highest BCUT2D eigenvalue weighted by Crippen LogP contribution is 2.29. The Morgan fingerprint density at radius 3 is 2.85 bits per heavy atom. The third-order valence-electron chi connectivity index (χ3n) is 5.23. The Balaban J connectivity index is 1.36. The summed E-state index contributed by atoms with van der Waals surface area (Å²) in [6.45, 7) is 0. The minimum atomic E-state index is -0.320. The molecule has 160 valence electrons. The first kappa shape index (κ1) is 18.8. The maximum absolute atomic E-state index is 12.4. The van der Waals surface area contributed by atoms with Crippen LogP contribution >= 0.6 is 0 Å². The fraction of sp³-hybridized carbons (Fsp3) is 0. The Kier molecular flexibility index (Phi) is 4.32. The lowest BCUT2D eigenvalue weighted by atomic mass is 10.2. The van der Waals surface area contributed by atoms with Gasteiger partial charge in [0.05, 0.1) is 29.8 Å². The van der Waals surface area contributed by atoms with E-state index in [1.54, 1.807) is 16.9 Å². The van der Waals surface area contributed by atoms with Gasteiger partial charge in [0.25, 0.3) is 5.91 Å². The van der Waals surface area contributed by atoms with Gasteiger partial charge in [-0.2, -0.15) is 5.10 Å². The van der Waals surface area contributed by atoms with E-state index < -0.39 is 0 Å². The molecule has 0 aliphatic carbocycles. The number of H-pyrrole nitrogens is 2. The fourth-order valence-corrected chi connectivity index (χ4v) is 3.67. The van der Waals surface area contributed by atoms with Gasteiger partial charge in [-0.1, -0.05) is 18.2 Å². The number of aromatic amines is 2. The van der Waals surface area contributed by atoms with Crippen molar-refractivity contribution >= 4 is 45.0 Å². The summed E-state index contributed by atoms with van der Waals surface area (Å²) in [6.07, 6.45) is 4.69. The van der Waals surface area contributed by atoms with Gasteiger partial charge in [0, 0.05) is 16.5 Å². The summed E-state index contributed by atoms with van der Waals surface area (Å²) < 4.78 is 1.75. The molecule has 0 unspecified atom stereocenters. The van der Waals surface area contributed by atoms with Crippen molar-refractivity contribution in [3.05, 3.63) is 85.1 Å². The summed E-state index contributed by atoms with van der Waals surface area (Å²) in [5, 5.41) is 19.9. The number of hydrogen-bond donors (Lipinski definition) is 4. The number of fused-ring (bicyclic) bond motifs is 2. The van der Waals surface area contributed by atoms with Crippen LogP contribution in [-0.2, 0) is 0 Å². The number of imidazole rings is 1. The van der Waals surface area contributed by atoms with Crippen LogP contribution in [0.3, 0.4) is 0 Å². The van der Waals surface area contributed by atoms with Crippen LogP contribution in [0.2, 0.25) is 0 Å². The highest BCUT2D eigenvalue weighted by molar-refractivity contribution is 6.02. The number of hydrogen-bond acceptors (Lipinski definition) is 6. The number of carbonyl (C=O) groups is 1. The fourth-order valence-electron chi connectivity index (χ4n) is 3.67. The van der Waals surface area contributed by atoms with E-state index in [9.17, 15) is 4.79 Å². The van der Waals surface area contributed by atoms with Gasteiger partial charge in [-0.25, -0.2) is 14.6 Å². The first-order valence-electron chi connectivity index (χ1n) is 10.2. The van der Waals surface area contributed by atoms with E-state index in [0.29, 0.717) is 23.1 Å². The van der Waals surface area contributed by atoms with Gasteiger partial charge in [-0.15, -0.1) is 5.10 Å². The number of carbonyl (C=O) groups excluding carboxylic acids is 1. The van der Waals surface area contributed by atoms with Crippen molar-refractivity contribution in [1.82, 2.24) is 34.9 Å². The maximum atomic E-state index is 12.4. The van der Waals surface area contributed by atoms with Crippen LogP contribution in [-0.4, -0.2) is 40.8 Å². The van der Waals surface area contributed by atoms with Crippen molar-refractivity contribution in [2.45, 2.75) is 0 Å². The van der Waals surface area contributed by atoms with Crippen LogP contribution in [0.15, 0.2) is 79.4 Å². The van der Waals surface area contributed by atoms with Gasteiger partial charge in [-0.05, 0) is 42.5 Å². The molecule has 0 aliphatic rings. The number of amides is 1. The molecule has 4 heterocycles. The number of anilines is 3. The molecule has 6 rings (SSSR count). The predicted octanol–water partition coefficient (Wildman–Crippen LogP) is 4.02. The number of benzene rings is 2. The number of pyridine rings is 1. The lowest BCUT2D eigenvalue weighted by molar-refractivity contribution is 0.102. The molecule has 0 fully saturated rings. The quantitative estimate of drug-likeness (QED) is 0.324. The zero-order valence-electron chi connectivity index (χ0n) is 17.1. The van der Waals surface area contributed by atoms with Crippen LogP contribution in [0.5, 0.6) is 0 Å². The van der Waals surface area contributed by atoms with Crippen molar-refractivity contribution in [2.24, 2.45) is 0 Å². The molecule has 10 heteroatoms. The van der Waals surface area contributed by atoms with E-state index in [0.717, 1.165) is 27.5 Å². The largest absolute Gasteiger partial charge is 0.341 e. The number of nitrogens with one attached hydrogen (secondary N) is 4. The summed E-state index contributed by atoms with van der Waals surface area (Å²) in [5.41, 5.74) is 3.10. The van der Waals surface area contributed by atoms with Gasteiger partial charge in [0.15, 0.2) is 11.6 Å². The molecule has 0 bridgehead atoms. The molecular formula is C23H17N9O. The molecule has 33 heavy (non-hydrogen) atoms. The lowest BCUT2D eigenvalue weighted by Crippen LogP contribution is -2.14. The van der Waals surface area contributed by atoms with E-state index in [-0.39, 0.29) is 5.91 Å². The smallest absolute Gasteiger partial charge is 0.274 e. The summed E-state index contributed by atoms with van der Waals surface area (Å²) in [7, 11) is 0. The number of nitrogens with zero attached hydrogens (tertiary/aromatic N) is 5. The standard InChI is InChI=1S/C23H17N9O/c33-23(18-12-24-13-25-18)29-20-6-3-7-21(28-20)32-19-5-2-1-4-16(19)22(31-32)27-15-8-9-17-14(10-15)11-26-30-17/h1-13H,(H,24,25)(H,26,30)(H,27,31)(H,28,29,33). The topological polar surface area (TPSA) is 129 Å². The monoisotopic (exact) mass is 435 g/mol. The summed E-state index contributed by atoms with van der Waals surface area (Å²) in [4.78, 5) is 23.6. The molecule has 6 aromatic rings. The molecule has 0 atom stereocenters. The molecule has 4 N–H and O–H groups in total. The van der Waals surface area contributed by atoms with Crippen LogP contribution in [0, 0.1) is 0 Å². The zero-order chi connectivity index (χ0) is 22.2. The number of rotatable bonds is 5. The van der Waals surface area contributed by atoms with E-state index in [1.165, 1.54) is 12.5 Å². The van der Waals surface area contributed by atoms with Gasteiger partial charge >= 0.3 is 0 Å². The van der Waals surface area contributed by atoms with E-state index >= 15 is 0 Å². The molecule has 4 aromatic heterocycles. The molecule has 0 aliphatic heterocycles. The van der Waals surface area contributed by atoms with Crippen molar-refractivity contribution in [2.75, 3.05) is 10.6 Å². The molecule has 2 aromatic carbocycles. The molecule has 0 saturated carbocycles. The SMILES string of the molecule is O=C(Nc1cccc(-n2nc(Nc3ccc4[nH]ncc4c3)c3ccccc32)n1)c1cnc[nH]1. The third-order valence-corrected chi connectivity index (χ3v) is 5.23. The second-order valence-electron chi connectivity index (χ2n) is 7.38. The van der Waals surface area contributed by atoms with E-state index in [2.05, 4.69) is 35.8 Å². The van der Waals surface area contributed by atoms with Gasteiger partial charge in [-0.3, -0.25) is 9.89 Å². The second-order valence-corrected chi connectivity index (χ2v) is 7.38. The Labute approximate surface area is 186 Å². The number of aromatic nitrogens is 7. The summed E-state index contributed by atoms with van der Waals surface area (Å²) in [6, 6.07) is 19.2. The first-order chi connectivity index (χ1) is 16.2. The molecular weight excluding hydrogens is 418 g/mol. The minimum absolute atomic E-state index is 0.320. The van der Waals surface area contributed by atoms with Crippen molar-refractivity contribution in [3.63, 3.8) is 0 Å². The maximum Gasteiger partial charge on any atom is 0.274 e. The van der Waals surface area contributed by atoms with E-state index in [4.69, 9.17) is 5.10 Å². The number of para-hydroxylation sites is 1. The van der Waals surface area contributed by atoms with Crippen LogP contribution < -0.4 is 10.6 Å². The normalized spacial score (nSPS) is 11.2. The molecule has 0 radical (unpaired) electrons. The summed E-state index contributed by atoms with van der Waals surface area (Å²) in [5.74, 6) is 1.36. The molecule has 0 spiro atoms. The van der Waals surface area contributed by atoms with Crippen LogP contribution in [0.1, 0.15) is 10.5 Å². The molecule has 1 amide bonds. The Morgan fingerprint density at radius 1 is 1.00 bits per heavy atom. The Bertz CT molecular complexity index is 1600. The second kappa shape index (κ2) is 7.61. The third kappa shape index (κ3) is 3.45. The van der Waals surface area contributed by atoms with E-state index in [1.807, 2.05) is 54.6 Å². The van der Waals surface area contributed by atoms with Crippen molar-refractivity contribution in [1.29, 1.82) is 0 Å². The van der Waals surface area contributed by atoms with Gasteiger partial charge < -0.3 is 15.6 Å². The zero-order valence-corrected chi connectivity index (χ0v) is 17.1. The Hall–Kier alpha value is -4.99. The summed E-state index contributed by atoms with van der Waals surface area (Å²) >= 11 is 0. The van der Waals surface area contributed by atoms with Crippen LogP contribution in [0.25, 0.3) is 27.6 Å². The van der Waals surface area contributed by atoms with Gasteiger partial charge in [0.1, 0.15) is 11.5 Å². The van der Waals surface area contributed by atoms with Crippen LogP contribution in [0.4, 0.5) is 17.3 Å². The first-order valence-corrected chi connectivity index (χ1v) is 10.2. The average Bonchev–Trinajstić information content (AvgIpc) is 3.60.